The standard InChI is InChI=1S/C26H26N4O2S/c1-2-6-21-24(26(32)30-29-21)22-15-23(19-9-3-4-10-20(19)28-22)33-18-13-11-17(12-14-18)27-25(31)16-7-5-8-16/h3-4,9-16,28H,2,5-8H2,1H3,(H,27,31)(H,30,32)/b24-22-. The van der Waals surface area contributed by atoms with Crippen molar-refractivity contribution in [1.82, 2.24) is 5.43 Å². The van der Waals surface area contributed by atoms with Gasteiger partial charge in [0.05, 0.1) is 17.0 Å². The van der Waals surface area contributed by atoms with E-state index in [1.165, 1.54) is 0 Å². The Morgan fingerprint density at radius 1 is 1.15 bits per heavy atom. The Bertz CT molecular complexity index is 1190. The zero-order chi connectivity index (χ0) is 22.8. The largest absolute Gasteiger partial charge is 0.354 e. The maximum absolute atomic E-state index is 12.5. The van der Waals surface area contributed by atoms with Crippen molar-refractivity contribution in [2.24, 2.45) is 11.0 Å². The third-order valence-electron chi connectivity index (χ3n) is 6.13. The van der Waals surface area contributed by atoms with Crippen LogP contribution in [0.25, 0.3) is 4.91 Å². The molecule has 0 aromatic heterocycles. The van der Waals surface area contributed by atoms with Gasteiger partial charge >= 0.3 is 0 Å². The second-order valence-electron chi connectivity index (χ2n) is 8.46. The molecule has 168 valence electrons. The number of nitrogens with one attached hydrogen (secondary N) is 3. The van der Waals surface area contributed by atoms with Crippen LogP contribution in [-0.2, 0) is 9.59 Å². The fourth-order valence-electron chi connectivity index (χ4n) is 4.12. The molecule has 6 nitrogen and oxygen atoms in total. The van der Waals surface area contributed by atoms with Crippen LogP contribution in [0.4, 0.5) is 11.4 Å². The van der Waals surface area contributed by atoms with Gasteiger partial charge in [0.1, 0.15) is 0 Å². The van der Waals surface area contributed by atoms with Gasteiger partial charge in [-0.3, -0.25) is 9.59 Å². The van der Waals surface area contributed by atoms with Crippen molar-refractivity contribution in [2.45, 2.75) is 43.9 Å². The second-order valence-corrected chi connectivity index (χ2v) is 9.58. The minimum absolute atomic E-state index is 0.118. The first-order valence-electron chi connectivity index (χ1n) is 11.4. The topological polar surface area (TPSA) is 82.6 Å². The zero-order valence-electron chi connectivity index (χ0n) is 18.5. The summed E-state index contributed by atoms with van der Waals surface area (Å²) in [7, 11) is 0. The maximum atomic E-state index is 12.5. The molecule has 7 heteroatoms. The highest BCUT2D eigenvalue weighted by Crippen LogP contribution is 2.42. The van der Waals surface area contributed by atoms with Gasteiger partial charge in [0, 0.05) is 32.7 Å². The molecule has 2 aromatic rings. The number of hydrogen-bond acceptors (Lipinski definition) is 5. The number of benzene rings is 2. The summed E-state index contributed by atoms with van der Waals surface area (Å²) in [6, 6.07) is 16.0. The molecule has 0 radical (unpaired) electrons. The van der Waals surface area contributed by atoms with Crippen LogP contribution in [0.2, 0.25) is 0 Å². The van der Waals surface area contributed by atoms with E-state index in [4.69, 9.17) is 0 Å². The summed E-state index contributed by atoms with van der Waals surface area (Å²) in [4.78, 5) is 26.9. The number of nitrogens with zero attached hydrogens (tertiary/aromatic N) is 1. The molecular formula is C26H26N4O2S. The predicted molar refractivity (Wildman–Crippen MR) is 134 cm³/mol. The van der Waals surface area contributed by atoms with Crippen molar-refractivity contribution in [1.29, 1.82) is 0 Å². The number of rotatable bonds is 6. The lowest BCUT2D eigenvalue weighted by molar-refractivity contribution is -0.122. The van der Waals surface area contributed by atoms with Gasteiger partial charge in [0.15, 0.2) is 0 Å². The van der Waals surface area contributed by atoms with Crippen LogP contribution in [0.1, 0.15) is 44.6 Å². The average Bonchev–Trinajstić information content (AvgIpc) is 3.14. The van der Waals surface area contributed by atoms with E-state index in [0.29, 0.717) is 5.57 Å². The molecule has 0 saturated heterocycles. The summed E-state index contributed by atoms with van der Waals surface area (Å²) < 4.78 is 0. The Morgan fingerprint density at radius 2 is 1.94 bits per heavy atom. The molecule has 3 aliphatic rings. The molecule has 2 aromatic carbocycles. The number of thioether (sulfide) groups is 1. The number of hydrogen-bond donors (Lipinski definition) is 3. The molecule has 2 aliphatic heterocycles. The summed E-state index contributed by atoms with van der Waals surface area (Å²) in [6.07, 6.45) is 6.81. The van der Waals surface area contributed by atoms with Crippen LogP contribution < -0.4 is 16.1 Å². The SMILES string of the molecule is CCCC1=NNC(=O)/C1=C1/C=C(Sc2ccc(NC(=O)C3CCC3)cc2)c2ccccc2N1. The highest BCUT2D eigenvalue weighted by atomic mass is 32.2. The normalized spacial score (nSPS) is 19.6. The number of allylic oxidation sites excluding steroid dienone is 1. The van der Waals surface area contributed by atoms with Gasteiger partial charge < -0.3 is 10.6 Å². The number of fused-ring (bicyclic) bond motifs is 1. The summed E-state index contributed by atoms with van der Waals surface area (Å²) >= 11 is 1.64. The van der Waals surface area contributed by atoms with Crippen molar-refractivity contribution in [3.63, 3.8) is 0 Å². The van der Waals surface area contributed by atoms with Gasteiger partial charge in [-0.15, -0.1) is 0 Å². The molecule has 33 heavy (non-hydrogen) atoms. The fourth-order valence-corrected chi connectivity index (χ4v) is 5.11. The summed E-state index contributed by atoms with van der Waals surface area (Å²) in [5.41, 5.74) is 7.64. The monoisotopic (exact) mass is 458 g/mol. The van der Waals surface area contributed by atoms with E-state index in [2.05, 4.69) is 34.2 Å². The second kappa shape index (κ2) is 9.27. The first kappa shape index (κ1) is 21.5. The first-order valence-corrected chi connectivity index (χ1v) is 12.2. The van der Waals surface area contributed by atoms with E-state index in [1.54, 1.807) is 11.8 Å². The van der Waals surface area contributed by atoms with Gasteiger partial charge in [-0.2, -0.15) is 5.10 Å². The molecule has 1 saturated carbocycles. The van der Waals surface area contributed by atoms with E-state index >= 15 is 0 Å². The number of anilines is 2. The van der Waals surface area contributed by atoms with Crippen LogP contribution in [0.3, 0.4) is 0 Å². The zero-order valence-corrected chi connectivity index (χ0v) is 19.3. The molecule has 1 aliphatic carbocycles. The van der Waals surface area contributed by atoms with Gasteiger partial charge in [0.25, 0.3) is 5.91 Å². The van der Waals surface area contributed by atoms with Crippen molar-refractivity contribution < 1.29 is 9.59 Å². The molecule has 0 unspecified atom stereocenters. The third-order valence-corrected chi connectivity index (χ3v) is 7.19. The van der Waals surface area contributed by atoms with E-state index in [1.807, 2.05) is 48.5 Å². The van der Waals surface area contributed by atoms with Crippen LogP contribution >= 0.6 is 11.8 Å². The molecule has 1 fully saturated rings. The molecule has 0 bridgehead atoms. The van der Waals surface area contributed by atoms with Crippen molar-refractivity contribution in [2.75, 3.05) is 10.6 Å². The van der Waals surface area contributed by atoms with Gasteiger partial charge in [-0.05, 0) is 55.7 Å². The van der Waals surface area contributed by atoms with E-state index in [-0.39, 0.29) is 17.7 Å². The average molecular weight is 459 g/mol. The van der Waals surface area contributed by atoms with E-state index in [9.17, 15) is 9.59 Å². The lowest BCUT2D eigenvalue weighted by Gasteiger charge is -2.24. The Labute approximate surface area is 197 Å². The fraction of sp³-hybridized carbons (Fsp3) is 0.269. The quantitative estimate of drug-likeness (QED) is 0.498. The molecule has 0 atom stereocenters. The van der Waals surface area contributed by atoms with Crippen LogP contribution in [-0.4, -0.2) is 17.5 Å². The number of carbonyl (C=O) groups is 2. The maximum Gasteiger partial charge on any atom is 0.275 e. The predicted octanol–water partition coefficient (Wildman–Crippen LogP) is 5.52. The Hall–Kier alpha value is -3.32. The van der Waals surface area contributed by atoms with Gasteiger partial charge in [-0.25, -0.2) is 5.43 Å². The molecular weight excluding hydrogens is 432 g/mol. The van der Waals surface area contributed by atoms with E-state index in [0.717, 1.165) is 70.3 Å². The smallest absolute Gasteiger partial charge is 0.275 e. The van der Waals surface area contributed by atoms with Crippen molar-refractivity contribution in [3.05, 3.63) is 71.4 Å². The van der Waals surface area contributed by atoms with Gasteiger partial charge in [0.2, 0.25) is 5.91 Å². The summed E-state index contributed by atoms with van der Waals surface area (Å²) in [6.45, 7) is 2.08. The lowest BCUT2D eigenvalue weighted by atomic mass is 9.85. The van der Waals surface area contributed by atoms with Crippen LogP contribution in [0.5, 0.6) is 0 Å². The number of para-hydroxylation sites is 1. The number of carbonyl (C=O) groups excluding carboxylic acids is 2. The molecule has 2 heterocycles. The van der Waals surface area contributed by atoms with Crippen molar-refractivity contribution >= 4 is 45.6 Å². The minimum atomic E-state index is -0.174. The Morgan fingerprint density at radius 3 is 2.67 bits per heavy atom. The lowest BCUT2D eigenvalue weighted by Crippen LogP contribution is -2.27. The molecule has 0 spiro atoms. The highest BCUT2D eigenvalue weighted by molar-refractivity contribution is 8.08. The van der Waals surface area contributed by atoms with Crippen LogP contribution in [0.15, 0.2) is 75.9 Å². The molecule has 3 N–H and O–H groups in total. The van der Waals surface area contributed by atoms with Crippen molar-refractivity contribution in [3.8, 4) is 0 Å². The Balaban J connectivity index is 1.42. The van der Waals surface area contributed by atoms with Gasteiger partial charge in [-0.1, -0.05) is 49.7 Å². The van der Waals surface area contributed by atoms with Crippen LogP contribution in [0, 0.1) is 5.92 Å². The Kier molecular flexibility index (Phi) is 6.05. The minimum Gasteiger partial charge on any atom is -0.354 e. The molecule has 5 rings (SSSR count). The number of amides is 2. The highest BCUT2D eigenvalue weighted by Gasteiger charge is 2.28. The third kappa shape index (κ3) is 4.46. The summed E-state index contributed by atoms with van der Waals surface area (Å²) in [5, 5.41) is 10.7. The van der Waals surface area contributed by atoms with E-state index < -0.39 is 0 Å². The summed E-state index contributed by atoms with van der Waals surface area (Å²) in [5.74, 6) is 0.107. The first-order chi connectivity index (χ1) is 16.1. The molecule has 2 amide bonds. The number of hydrazone groups is 1.